The Labute approximate surface area is 501 Å². The lowest BCUT2D eigenvalue weighted by atomic mass is 10.0. The molecule has 0 aliphatic heterocycles. The monoisotopic (exact) mass is 1140 g/mol. The summed E-state index contributed by atoms with van der Waals surface area (Å²) in [4.78, 5) is 0. The summed E-state index contributed by atoms with van der Waals surface area (Å²) in [5, 5.41) is 0. The van der Waals surface area contributed by atoms with E-state index in [2.05, 4.69) is 20.8 Å². The fourth-order valence-electron chi connectivity index (χ4n) is 13.1. The molecule has 0 rings (SSSR count). The molecular formula is C74H152NO3S+. The highest BCUT2D eigenvalue weighted by Crippen LogP contribution is 2.23. The number of rotatable bonds is 72. The second-order valence-electron chi connectivity index (χ2n) is 26.8. The molecule has 0 unspecified atom stereocenters. The van der Waals surface area contributed by atoms with Crippen LogP contribution in [0.1, 0.15) is 445 Å². The predicted molar refractivity (Wildman–Crippen MR) is 358 cm³/mol. The lowest BCUT2D eigenvalue weighted by Crippen LogP contribution is -2.52. The Morgan fingerprint density at radius 1 is 0.190 bits per heavy atom. The quantitative estimate of drug-likeness (QED) is 0.0375. The SMILES string of the molecule is CCCCCCCCCCCCCCCCCCCCCCCC[N+](CCCCCCCCCCCCCCCCCCCCCCCC)(CCCCCCCCCCCCCCCCCCCCCCCC)CCS(=O)(=O)O. The van der Waals surface area contributed by atoms with Crippen LogP contribution < -0.4 is 0 Å². The van der Waals surface area contributed by atoms with Gasteiger partial charge >= 0.3 is 0 Å². The van der Waals surface area contributed by atoms with Crippen molar-refractivity contribution in [2.75, 3.05) is 31.9 Å². The van der Waals surface area contributed by atoms with Crippen LogP contribution in [-0.4, -0.2) is 49.4 Å². The minimum Gasteiger partial charge on any atom is -0.323 e. The van der Waals surface area contributed by atoms with Crippen LogP contribution >= 0.6 is 0 Å². The van der Waals surface area contributed by atoms with Gasteiger partial charge in [-0.05, 0) is 38.5 Å². The van der Waals surface area contributed by atoms with Gasteiger partial charge < -0.3 is 4.48 Å². The molecule has 0 fully saturated rings. The Bertz CT molecular complexity index is 1090. The predicted octanol–water partition coefficient (Wildman–Crippen LogP) is 26.5. The largest absolute Gasteiger partial charge is 0.323 e. The molecule has 0 spiro atoms. The maximum absolute atomic E-state index is 12.2. The Balaban J connectivity index is 4.52. The number of quaternary nitrogens is 1. The molecule has 0 aliphatic carbocycles. The smallest absolute Gasteiger partial charge is 0.270 e. The van der Waals surface area contributed by atoms with E-state index < -0.39 is 10.1 Å². The van der Waals surface area contributed by atoms with Gasteiger partial charge in [-0.3, -0.25) is 4.55 Å². The van der Waals surface area contributed by atoms with Crippen molar-refractivity contribution in [2.45, 2.75) is 445 Å². The van der Waals surface area contributed by atoms with E-state index in [1.54, 1.807) is 0 Å². The fourth-order valence-corrected chi connectivity index (χ4v) is 13.8. The topological polar surface area (TPSA) is 54.4 Å². The van der Waals surface area contributed by atoms with Crippen LogP contribution in [0, 0.1) is 0 Å². The minimum absolute atomic E-state index is 0.0784. The van der Waals surface area contributed by atoms with Crippen LogP contribution in [-0.2, 0) is 10.1 Å². The van der Waals surface area contributed by atoms with Crippen molar-refractivity contribution in [1.29, 1.82) is 0 Å². The van der Waals surface area contributed by atoms with E-state index in [9.17, 15) is 13.0 Å². The Morgan fingerprint density at radius 2 is 0.304 bits per heavy atom. The number of nitrogens with zero attached hydrogens (tertiary/aromatic N) is 1. The minimum atomic E-state index is -3.97. The molecule has 0 heterocycles. The maximum atomic E-state index is 12.2. The maximum Gasteiger partial charge on any atom is 0.270 e. The number of hydrogen-bond acceptors (Lipinski definition) is 2. The molecule has 0 radical (unpaired) electrons. The first kappa shape index (κ1) is 78.9. The first-order chi connectivity index (χ1) is 38.9. The normalized spacial score (nSPS) is 12.2. The van der Waals surface area contributed by atoms with Crippen LogP contribution in [0.3, 0.4) is 0 Å². The molecule has 4 nitrogen and oxygen atoms in total. The van der Waals surface area contributed by atoms with Crippen LogP contribution in [0.5, 0.6) is 0 Å². The van der Waals surface area contributed by atoms with Crippen molar-refractivity contribution in [3.05, 3.63) is 0 Å². The van der Waals surface area contributed by atoms with Crippen molar-refractivity contribution in [3.63, 3.8) is 0 Å². The Kier molecular flexibility index (Phi) is 66.9. The second-order valence-corrected chi connectivity index (χ2v) is 28.4. The van der Waals surface area contributed by atoms with Crippen LogP contribution in [0.25, 0.3) is 0 Å². The zero-order valence-electron chi connectivity index (χ0n) is 55.3. The van der Waals surface area contributed by atoms with Crippen molar-refractivity contribution >= 4 is 10.1 Å². The molecule has 0 amide bonds. The zero-order chi connectivity index (χ0) is 57.2. The van der Waals surface area contributed by atoms with Gasteiger partial charge in [0, 0.05) is 0 Å². The second kappa shape index (κ2) is 67.0. The molecule has 0 aromatic rings. The van der Waals surface area contributed by atoms with Crippen molar-refractivity contribution in [2.24, 2.45) is 0 Å². The van der Waals surface area contributed by atoms with Gasteiger partial charge in [0.1, 0.15) is 5.75 Å². The van der Waals surface area contributed by atoms with Gasteiger partial charge in [0.2, 0.25) is 0 Å². The van der Waals surface area contributed by atoms with E-state index in [4.69, 9.17) is 0 Å². The third-order valence-electron chi connectivity index (χ3n) is 18.8. The standard InChI is InChI=1S/C74H151NO3S/c1-4-7-10-13-16-19-22-25-28-31-34-37-40-43-46-49-52-55-58-61-64-67-70-75(73-74-79(76,77)78,71-68-65-62-59-56-53-50-47-44-41-38-35-32-29-26-23-20-17-14-11-8-5-2)72-69-66-63-60-57-54-51-48-45-42-39-36-33-30-27-24-21-18-15-12-9-6-3/h4-74H2,1-3H3/p+1. The molecule has 0 aromatic carbocycles. The zero-order valence-corrected chi connectivity index (χ0v) is 56.1. The summed E-state index contributed by atoms with van der Waals surface area (Å²) in [6.07, 6.45) is 92.8. The molecule has 0 aromatic heterocycles. The summed E-state index contributed by atoms with van der Waals surface area (Å²) in [5.41, 5.74) is 0. The highest BCUT2D eigenvalue weighted by molar-refractivity contribution is 7.85. The molecular weight excluding hydrogens is 983 g/mol. The van der Waals surface area contributed by atoms with Gasteiger partial charge in [0.25, 0.3) is 10.1 Å². The summed E-state index contributed by atoms with van der Waals surface area (Å²) in [6.45, 7) is 10.8. The fraction of sp³-hybridized carbons (Fsp3) is 1.00. The van der Waals surface area contributed by atoms with Crippen LogP contribution in [0.2, 0.25) is 0 Å². The van der Waals surface area contributed by atoms with Crippen LogP contribution in [0.15, 0.2) is 0 Å². The molecule has 0 atom stereocenters. The lowest BCUT2D eigenvalue weighted by molar-refractivity contribution is -0.926. The molecule has 476 valence electrons. The van der Waals surface area contributed by atoms with Crippen LogP contribution in [0.4, 0.5) is 0 Å². The van der Waals surface area contributed by atoms with E-state index in [1.807, 2.05) is 0 Å². The molecule has 0 saturated carbocycles. The van der Waals surface area contributed by atoms with Gasteiger partial charge in [-0.15, -0.1) is 0 Å². The van der Waals surface area contributed by atoms with E-state index >= 15 is 0 Å². The molecule has 5 heteroatoms. The summed E-state index contributed by atoms with van der Waals surface area (Å²) < 4.78 is 35.4. The summed E-state index contributed by atoms with van der Waals surface area (Å²) in [7, 11) is -3.97. The van der Waals surface area contributed by atoms with Crippen molar-refractivity contribution in [1.82, 2.24) is 0 Å². The van der Waals surface area contributed by atoms with Gasteiger partial charge in [0.15, 0.2) is 0 Å². The molecule has 79 heavy (non-hydrogen) atoms. The Hall–Kier alpha value is -0.130. The van der Waals surface area contributed by atoms with Gasteiger partial charge in [-0.25, -0.2) is 0 Å². The lowest BCUT2D eigenvalue weighted by Gasteiger charge is -2.39. The van der Waals surface area contributed by atoms with Gasteiger partial charge in [0.05, 0.1) is 26.2 Å². The first-order valence-corrected chi connectivity index (χ1v) is 39.3. The molecule has 0 aliphatic rings. The highest BCUT2D eigenvalue weighted by atomic mass is 32.2. The summed E-state index contributed by atoms with van der Waals surface area (Å²) >= 11 is 0. The van der Waals surface area contributed by atoms with E-state index in [0.717, 1.165) is 24.1 Å². The Morgan fingerprint density at radius 3 is 0.418 bits per heavy atom. The van der Waals surface area contributed by atoms with Crippen molar-refractivity contribution in [3.8, 4) is 0 Å². The third-order valence-corrected chi connectivity index (χ3v) is 19.5. The summed E-state index contributed by atoms with van der Waals surface area (Å²) in [5.74, 6) is -0.0784. The highest BCUT2D eigenvalue weighted by Gasteiger charge is 2.28. The van der Waals surface area contributed by atoms with Crippen molar-refractivity contribution < 1.29 is 17.5 Å². The van der Waals surface area contributed by atoms with Gasteiger partial charge in [-0.2, -0.15) is 8.42 Å². The number of hydrogen-bond donors (Lipinski definition) is 1. The molecule has 1 N–H and O–H groups in total. The number of unbranched alkanes of at least 4 members (excludes halogenated alkanes) is 63. The average Bonchev–Trinajstić information content (AvgIpc) is 3.44. The van der Waals surface area contributed by atoms with E-state index in [0.29, 0.717) is 6.54 Å². The van der Waals surface area contributed by atoms with E-state index in [1.165, 1.54) is 424 Å². The molecule has 0 bridgehead atoms. The van der Waals surface area contributed by atoms with Gasteiger partial charge in [-0.1, -0.05) is 406 Å². The third kappa shape index (κ3) is 66.9. The molecule has 0 saturated heterocycles. The summed E-state index contributed by atoms with van der Waals surface area (Å²) in [6, 6.07) is 0. The first-order valence-electron chi connectivity index (χ1n) is 37.7. The average molecular weight is 1140 g/mol. The van der Waals surface area contributed by atoms with E-state index in [-0.39, 0.29) is 5.75 Å².